The summed E-state index contributed by atoms with van der Waals surface area (Å²) in [5, 5.41) is 9.20. The van der Waals surface area contributed by atoms with Gasteiger partial charge >= 0.3 is 5.97 Å². The van der Waals surface area contributed by atoms with Crippen molar-refractivity contribution in [1.82, 2.24) is 0 Å². The summed E-state index contributed by atoms with van der Waals surface area (Å²) in [6, 6.07) is 4.64. The number of aryl methyl sites for hydroxylation is 1. The Morgan fingerprint density at radius 3 is 2.89 bits per heavy atom. The molecule has 0 aliphatic carbocycles. The highest BCUT2D eigenvalue weighted by atomic mass is 79.9. The third kappa shape index (κ3) is 2.54. The molecule has 1 amide bonds. The van der Waals surface area contributed by atoms with Crippen molar-refractivity contribution in [2.24, 2.45) is 0 Å². The second-order valence-corrected chi connectivity index (χ2v) is 5.95. The number of anilines is 1. The molecule has 6 heteroatoms. The van der Waals surface area contributed by atoms with Crippen molar-refractivity contribution in [3.05, 3.63) is 28.2 Å². The smallest absolute Gasteiger partial charge is 0.327 e. The topological polar surface area (TPSA) is 57.6 Å². The van der Waals surface area contributed by atoms with Crippen LogP contribution in [0.2, 0.25) is 0 Å². The van der Waals surface area contributed by atoms with Crippen LogP contribution in [0.5, 0.6) is 0 Å². The number of hydrogen-bond donors (Lipinski definition) is 1. The largest absolute Gasteiger partial charge is 0.480 e. The molecule has 0 radical (unpaired) electrons. The molecule has 1 aromatic rings. The van der Waals surface area contributed by atoms with Crippen LogP contribution < -0.4 is 4.90 Å². The molecule has 1 aliphatic heterocycles. The molecule has 1 heterocycles. The molecule has 0 bridgehead atoms. The number of carbonyl (C=O) groups is 2. The summed E-state index contributed by atoms with van der Waals surface area (Å²) in [6.07, 6.45) is 0. The van der Waals surface area contributed by atoms with Crippen LogP contribution in [0.1, 0.15) is 5.56 Å². The van der Waals surface area contributed by atoms with Gasteiger partial charge in [0.25, 0.3) is 0 Å². The van der Waals surface area contributed by atoms with E-state index in [1.807, 2.05) is 19.1 Å². The third-order valence-electron chi connectivity index (χ3n) is 2.79. The van der Waals surface area contributed by atoms with Gasteiger partial charge in [-0.15, -0.1) is 11.8 Å². The molecule has 1 fully saturated rings. The lowest BCUT2D eigenvalue weighted by molar-refractivity contribution is -0.139. The van der Waals surface area contributed by atoms with E-state index in [0.29, 0.717) is 17.2 Å². The Morgan fingerprint density at radius 2 is 2.28 bits per heavy atom. The van der Waals surface area contributed by atoms with Crippen molar-refractivity contribution in [2.45, 2.75) is 13.0 Å². The van der Waals surface area contributed by atoms with E-state index in [4.69, 9.17) is 0 Å². The first-order valence-electron chi connectivity index (χ1n) is 5.39. The Balaban J connectivity index is 2.40. The number of carbonyl (C=O) groups excluding carboxylic acids is 1. The fourth-order valence-corrected chi connectivity index (χ4v) is 3.05. The molecule has 0 aromatic heterocycles. The number of thioether (sulfide) groups is 1. The molecule has 1 saturated heterocycles. The maximum absolute atomic E-state index is 11.9. The van der Waals surface area contributed by atoms with Gasteiger partial charge in [-0.1, -0.05) is 15.9 Å². The van der Waals surface area contributed by atoms with E-state index in [1.54, 1.807) is 6.07 Å². The van der Waals surface area contributed by atoms with E-state index in [9.17, 15) is 14.7 Å². The SMILES string of the molecule is Cc1cc(N2C(=O)CSCC2C(=O)O)ccc1Br. The van der Waals surface area contributed by atoms with Crippen molar-refractivity contribution in [2.75, 3.05) is 16.4 Å². The van der Waals surface area contributed by atoms with E-state index >= 15 is 0 Å². The Morgan fingerprint density at radius 1 is 1.56 bits per heavy atom. The van der Waals surface area contributed by atoms with Crippen LogP contribution in [0.15, 0.2) is 22.7 Å². The monoisotopic (exact) mass is 329 g/mol. The molecule has 1 atom stereocenters. The quantitative estimate of drug-likeness (QED) is 0.904. The number of aliphatic carboxylic acids is 1. The number of rotatable bonds is 2. The summed E-state index contributed by atoms with van der Waals surface area (Å²) in [5.74, 6) is -0.355. The number of benzene rings is 1. The van der Waals surface area contributed by atoms with Gasteiger partial charge in [-0.25, -0.2) is 4.79 Å². The predicted molar refractivity (Wildman–Crippen MR) is 75.1 cm³/mol. The minimum Gasteiger partial charge on any atom is -0.480 e. The van der Waals surface area contributed by atoms with E-state index < -0.39 is 12.0 Å². The normalized spacial score (nSPS) is 20.0. The molecular weight excluding hydrogens is 318 g/mol. The molecule has 2 rings (SSSR count). The molecule has 18 heavy (non-hydrogen) atoms. The van der Waals surface area contributed by atoms with Crippen LogP contribution in [0.3, 0.4) is 0 Å². The summed E-state index contributed by atoms with van der Waals surface area (Å²) in [7, 11) is 0. The summed E-state index contributed by atoms with van der Waals surface area (Å²) in [6.45, 7) is 1.91. The first kappa shape index (κ1) is 13.4. The zero-order valence-electron chi connectivity index (χ0n) is 9.72. The van der Waals surface area contributed by atoms with E-state index in [1.165, 1.54) is 16.7 Å². The number of hydrogen-bond acceptors (Lipinski definition) is 3. The highest BCUT2D eigenvalue weighted by Gasteiger charge is 2.34. The van der Waals surface area contributed by atoms with Gasteiger partial charge in [0.2, 0.25) is 5.91 Å². The van der Waals surface area contributed by atoms with Gasteiger partial charge in [0, 0.05) is 15.9 Å². The van der Waals surface area contributed by atoms with Crippen molar-refractivity contribution < 1.29 is 14.7 Å². The van der Waals surface area contributed by atoms with Crippen molar-refractivity contribution >= 4 is 45.3 Å². The zero-order valence-corrected chi connectivity index (χ0v) is 12.1. The summed E-state index contributed by atoms with van der Waals surface area (Å²) in [5.41, 5.74) is 1.62. The van der Waals surface area contributed by atoms with Gasteiger partial charge < -0.3 is 5.11 Å². The Kier molecular flexibility index (Phi) is 3.97. The maximum Gasteiger partial charge on any atom is 0.327 e. The summed E-state index contributed by atoms with van der Waals surface area (Å²) in [4.78, 5) is 24.5. The molecule has 1 aliphatic rings. The third-order valence-corrected chi connectivity index (χ3v) is 4.68. The second-order valence-electron chi connectivity index (χ2n) is 4.07. The van der Waals surface area contributed by atoms with Crippen LogP contribution in [0.4, 0.5) is 5.69 Å². The lowest BCUT2D eigenvalue weighted by atomic mass is 10.1. The first-order chi connectivity index (χ1) is 8.50. The number of carboxylic acids is 1. The number of amides is 1. The molecule has 1 unspecified atom stereocenters. The van der Waals surface area contributed by atoms with Crippen LogP contribution in [0, 0.1) is 6.92 Å². The minimum absolute atomic E-state index is 0.152. The molecule has 1 N–H and O–H groups in total. The van der Waals surface area contributed by atoms with Crippen molar-refractivity contribution in [3.8, 4) is 0 Å². The highest BCUT2D eigenvalue weighted by Crippen LogP contribution is 2.28. The fourth-order valence-electron chi connectivity index (χ4n) is 1.86. The molecule has 1 aromatic carbocycles. The number of carboxylic acid groups (broad SMARTS) is 1. The van der Waals surface area contributed by atoms with Gasteiger partial charge in [-0.2, -0.15) is 0 Å². The summed E-state index contributed by atoms with van der Waals surface area (Å²) < 4.78 is 0.942. The lowest BCUT2D eigenvalue weighted by Gasteiger charge is -2.32. The van der Waals surface area contributed by atoms with Gasteiger partial charge in [0.15, 0.2) is 0 Å². The average Bonchev–Trinajstić information content (AvgIpc) is 2.32. The Hall–Kier alpha value is -1.01. The Labute approximate surface area is 117 Å². The van der Waals surface area contributed by atoms with Crippen LogP contribution in [-0.4, -0.2) is 34.5 Å². The van der Waals surface area contributed by atoms with Gasteiger partial charge in [-0.05, 0) is 30.7 Å². The van der Waals surface area contributed by atoms with E-state index in [-0.39, 0.29) is 5.91 Å². The average molecular weight is 330 g/mol. The molecule has 4 nitrogen and oxygen atoms in total. The summed E-state index contributed by atoms with van der Waals surface area (Å²) >= 11 is 4.75. The molecular formula is C12H12BrNO3S. The predicted octanol–water partition coefficient (Wildman–Crippen LogP) is 2.29. The minimum atomic E-state index is -0.962. The maximum atomic E-state index is 11.9. The van der Waals surface area contributed by atoms with Crippen LogP contribution in [-0.2, 0) is 9.59 Å². The second kappa shape index (κ2) is 5.32. The molecule has 0 saturated carbocycles. The first-order valence-corrected chi connectivity index (χ1v) is 7.34. The van der Waals surface area contributed by atoms with E-state index in [2.05, 4.69) is 15.9 Å². The molecule has 96 valence electrons. The molecule has 0 spiro atoms. The van der Waals surface area contributed by atoms with Gasteiger partial charge in [-0.3, -0.25) is 9.69 Å². The van der Waals surface area contributed by atoms with E-state index in [0.717, 1.165) is 10.0 Å². The van der Waals surface area contributed by atoms with Crippen LogP contribution in [0.25, 0.3) is 0 Å². The highest BCUT2D eigenvalue weighted by molar-refractivity contribution is 9.10. The lowest BCUT2D eigenvalue weighted by Crippen LogP contribution is -2.51. The van der Waals surface area contributed by atoms with Crippen molar-refractivity contribution in [1.29, 1.82) is 0 Å². The standard InChI is InChI=1S/C12H12BrNO3S/c1-7-4-8(2-3-9(7)13)14-10(12(16)17)5-18-6-11(14)15/h2-4,10H,5-6H2,1H3,(H,16,17). The Bertz CT molecular complexity index is 506. The number of nitrogens with zero attached hydrogens (tertiary/aromatic N) is 1. The van der Waals surface area contributed by atoms with Crippen LogP contribution >= 0.6 is 27.7 Å². The van der Waals surface area contributed by atoms with Gasteiger partial charge in [0.1, 0.15) is 6.04 Å². The fraction of sp³-hybridized carbons (Fsp3) is 0.333. The zero-order chi connectivity index (χ0) is 13.3. The van der Waals surface area contributed by atoms with Gasteiger partial charge in [0.05, 0.1) is 5.75 Å². The van der Waals surface area contributed by atoms with Crippen molar-refractivity contribution in [3.63, 3.8) is 0 Å². The number of halogens is 1.